The standard InChI is InChI=1S/C15H25NO/c1-5-12(2)15(16-3)11-8-13-6-9-14(17-4)10-7-13/h6-7,9-10,12,15-16H,5,8,11H2,1-4H3. The largest absolute Gasteiger partial charge is 0.497 e. The molecule has 0 bridgehead atoms. The van der Waals surface area contributed by atoms with Crippen LogP contribution in [0.5, 0.6) is 5.75 Å². The molecule has 0 saturated carbocycles. The normalized spacial score (nSPS) is 14.4. The van der Waals surface area contributed by atoms with Crippen molar-refractivity contribution in [2.24, 2.45) is 5.92 Å². The van der Waals surface area contributed by atoms with Crippen molar-refractivity contribution in [1.82, 2.24) is 5.32 Å². The van der Waals surface area contributed by atoms with E-state index >= 15 is 0 Å². The number of aryl methyl sites for hydroxylation is 1. The fourth-order valence-electron chi connectivity index (χ4n) is 2.11. The van der Waals surface area contributed by atoms with E-state index in [0.29, 0.717) is 6.04 Å². The van der Waals surface area contributed by atoms with Gasteiger partial charge in [-0.1, -0.05) is 32.4 Å². The maximum atomic E-state index is 5.16. The molecule has 0 spiro atoms. The summed E-state index contributed by atoms with van der Waals surface area (Å²) < 4.78 is 5.16. The summed E-state index contributed by atoms with van der Waals surface area (Å²) >= 11 is 0. The van der Waals surface area contributed by atoms with Crippen molar-refractivity contribution in [1.29, 1.82) is 0 Å². The molecule has 2 nitrogen and oxygen atoms in total. The third kappa shape index (κ3) is 4.39. The summed E-state index contributed by atoms with van der Waals surface area (Å²) in [6.07, 6.45) is 3.55. The van der Waals surface area contributed by atoms with Crippen LogP contribution in [0.25, 0.3) is 0 Å². The SMILES string of the molecule is CCC(C)C(CCc1ccc(OC)cc1)NC. The molecule has 0 radical (unpaired) electrons. The molecule has 0 aliphatic heterocycles. The van der Waals surface area contributed by atoms with Gasteiger partial charge in [0.2, 0.25) is 0 Å². The van der Waals surface area contributed by atoms with Crippen molar-refractivity contribution >= 4 is 0 Å². The summed E-state index contributed by atoms with van der Waals surface area (Å²) in [6, 6.07) is 8.99. The lowest BCUT2D eigenvalue weighted by Gasteiger charge is -2.22. The van der Waals surface area contributed by atoms with E-state index in [-0.39, 0.29) is 0 Å². The van der Waals surface area contributed by atoms with E-state index in [0.717, 1.165) is 18.1 Å². The summed E-state index contributed by atoms with van der Waals surface area (Å²) in [7, 11) is 3.76. The van der Waals surface area contributed by atoms with Crippen LogP contribution in [0.2, 0.25) is 0 Å². The molecule has 0 saturated heterocycles. The molecule has 0 heterocycles. The first-order chi connectivity index (χ1) is 8.21. The van der Waals surface area contributed by atoms with E-state index in [9.17, 15) is 0 Å². The second kappa shape index (κ2) is 7.33. The van der Waals surface area contributed by atoms with E-state index < -0.39 is 0 Å². The molecule has 1 N–H and O–H groups in total. The summed E-state index contributed by atoms with van der Waals surface area (Å²) in [4.78, 5) is 0. The molecule has 2 unspecified atom stereocenters. The van der Waals surface area contributed by atoms with Gasteiger partial charge in [0.15, 0.2) is 0 Å². The van der Waals surface area contributed by atoms with Crippen molar-refractivity contribution in [3.05, 3.63) is 29.8 Å². The van der Waals surface area contributed by atoms with Gasteiger partial charge >= 0.3 is 0 Å². The second-order valence-corrected chi connectivity index (χ2v) is 4.67. The van der Waals surface area contributed by atoms with Crippen molar-refractivity contribution in [2.45, 2.75) is 39.2 Å². The molecule has 96 valence electrons. The maximum absolute atomic E-state index is 5.16. The molecule has 1 aromatic rings. The molecular formula is C15H25NO. The number of methoxy groups -OCH3 is 1. The summed E-state index contributed by atoms with van der Waals surface area (Å²) in [6.45, 7) is 4.57. The predicted molar refractivity (Wildman–Crippen MR) is 73.6 cm³/mol. The van der Waals surface area contributed by atoms with Crippen LogP contribution in [0.4, 0.5) is 0 Å². The van der Waals surface area contributed by atoms with E-state index in [1.165, 1.54) is 18.4 Å². The Balaban J connectivity index is 2.47. The van der Waals surface area contributed by atoms with E-state index in [1.54, 1.807) is 7.11 Å². The Bertz CT molecular complexity index is 307. The number of benzene rings is 1. The van der Waals surface area contributed by atoms with Gasteiger partial charge in [0.05, 0.1) is 7.11 Å². The van der Waals surface area contributed by atoms with Crippen LogP contribution in [0.3, 0.4) is 0 Å². The van der Waals surface area contributed by atoms with Gasteiger partial charge in [-0.15, -0.1) is 0 Å². The van der Waals surface area contributed by atoms with Gasteiger partial charge in [0.1, 0.15) is 5.75 Å². The minimum absolute atomic E-state index is 0.613. The van der Waals surface area contributed by atoms with Crippen LogP contribution in [-0.2, 0) is 6.42 Å². The van der Waals surface area contributed by atoms with Crippen LogP contribution >= 0.6 is 0 Å². The van der Waals surface area contributed by atoms with E-state index in [1.807, 2.05) is 12.1 Å². The lowest BCUT2D eigenvalue weighted by Crippen LogP contribution is -2.32. The smallest absolute Gasteiger partial charge is 0.118 e. The molecule has 0 amide bonds. The van der Waals surface area contributed by atoms with Crippen LogP contribution in [0, 0.1) is 5.92 Å². The molecule has 2 atom stereocenters. The average molecular weight is 235 g/mol. The number of hydrogen-bond acceptors (Lipinski definition) is 2. The Labute approximate surface area is 105 Å². The van der Waals surface area contributed by atoms with Gasteiger partial charge in [-0.3, -0.25) is 0 Å². The topological polar surface area (TPSA) is 21.3 Å². The van der Waals surface area contributed by atoms with Crippen molar-refractivity contribution in [3.63, 3.8) is 0 Å². The highest BCUT2D eigenvalue weighted by Gasteiger charge is 2.13. The maximum Gasteiger partial charge on any atom is 0.118 e. The Kier molecular flexibility index (Phi) is 6.06. The fraction of sp³-hybridized carbons (Fsp3) is 0.600. The van der Waals surface area contributed by atoms with Crippen molar-refractivity contribution in [2.75, 3.05) is 14.2 Å². The lowest BCUT2D eigenvalue weighted by molar-refractivity contribution is 0.368. The monoisotopic (exact) mass is 235 g/mol. The van der Waals surface area contributed by atoms with Gasteiger partial charge < -0.3 is 10.1 Å². The summed E-state index contributed by atoms with van der Waals surface area (Å²) in [5.41, 5.74) is 1.38. The molecule has 2 heteroatoms. The van der Waals surface area contributed by atoms with Crippen LogP contribution in [-0.4, -0.2) is 20.2 Å². The van der Waals surface area contributed by atoms with Crippen LogP contribution < -0.4 is 10.1 Å². The third-order valence-electron chi connectivity index (χ3n) is 3.60. The Morgan fingerprint density at radius 1 is 1.24 bits per heavy atom. The van der Waals surface area contributed by atoms with Gasteiger partial charge in [-0.25, -0.2) is 0 Å². The first-order valence-corrected chi connectivity index (χ1v) is 6.51. The summed E-state index contributed by atoms with van der Waals surface area (Å²) in [5, 5.41) is 3.42. The Hall–Kier alpha value is -1.02. The summed E-state index contributed by atoms with van der Waals surface area (Å²) in [5.74, 6) is 1.67. The number of nitrogens with one attached hydrogen (secondary N) is 1. The highest BCUT2D eigenvalue weighted by Crippen LogP contribution is 2.16. The molecule has 0 aliphatic carbocycles. The zero-order chi connectivity index (χ0) is 12.7. The minimum atomic E-state index is 0.613. The van der Waals surface area contributed by atoms with Crippen LogP contribution in [0.15, 0.2) is 24.3 Å². The first kappa shape index (κ1) is 14.0. The zero-order valence-electron chi connectivity index (χ0n) is 11.5. The number of ether oxygens (including phenoxy) is 1. The third-order valence-corrected chi connectivity index (χ3v) is 3.60. The minimum Gasteiger partial charge on any atom is -0.497 e. The van der Waals surface area contributed by atoms with Gasteiger partial charge in [0.25, 0.3) is 0 Å². The van der Waals surface area contributed by atoms with Gasteiger partial charge in [0, 0.05) is 6.04 Å². The van der Waals surface area contributed by atoms with E-state index in [4.69, 9.17) is 4.74 Å². The quantitative estimate of drug-likeness (QED) is 0.783. The lowest BCUT2D eigenvalue weighted by atomic mass is 9.93. The number of hydrogen-bond donors (Lipinski definition) is 1. The molecule has 0 aromatic heterocycles. The molecule has 17 heavy (non-hydrogen) atoms. The molecule has 0 fully saturated rings. The van der Waals surface area contributed by atoms with Crippen molar-refractivity contribution in [3.8, 4) is 5.75 Å². The first-order valence-electron chi connectivity index (χ1n) is 6.51. The fourth-order valence-corrected chi connectivity index (χ4v) is 2.11. The average Bonchev–Trinajstić information content (AvgIpc) is 2.39. The van der Waals surface area contributed by atoms with Crippen molar-refractivity contribution < 1.29 is 4.74 Å². The molecule has 0 aliphatic rings. The second-order valence-electron chi connectivity index (χ2n) is 4.67. The molecule has 1 rings (SSSR count). The van der Waals surface area contributed by atoms with Gasteiger partial charge in [-0.2, -0.15) is 0 Å². The highest BCUT2D eigenvalue weighted by molar-refractivity contribution is 5.27. The van der Waals surface area contributed by atoms with Gasteiger partial charge in [-0.05, 0) is 43.5 Å². The Morgan fingerprint density at radius 3 is 2.35 bits per heavy atom. The molecular weight excluding hydrogens is 210 g/mol. The number of rotatable bonds is 7. The highest BCUT2D eigenvalue weighted by atomic mass is 16.5. The zero-order valence-corrected chi connectivity index (χ0v) is 11.5. The predicted octanol–water partition coefficient (Wildman–Crippen LogP) is 3.26. The molecule has 1 aromatic carbocycles. The van der Waals surface area contributed by atoms with Crippen LogP contribution in [0.1, 0.15) is 32.3 Å². The van der Waals surface area contributed by atoms with E-state index in [2.05, 4.69) is 38.3 Å². The Morgan fingerprint density at radius 2 is 1.88 bits per heavy atom.